The maximum atomic E-state index is 12.6. The molecular weight excluding hydrogens is 308 g/mol. The van der Waals surface area contributed by atoms with Gasteiger partial charge in [-0.25, -0.2) is 4.79 Å². The Morgan fingerprint density at radius 2 is 2.25 bits per heavy atom. The number of nitrogens with one attached hydrogen (secondary N) is 1. The first kappa shape index (κ1) is 16.6. The molecule has 0 spiro atoms. The van der Waals surface area contributed by atoms with Crippen LogP contribution in [0, 0.1) is 11.3 Å². The van der Waals surface area contributed by atoms with Crippen LogP contribution in [0.1, 0.15) is 37.8 Å². The molecule has 1 unspecified atom stereocenters. The van der Waals surface area contributed by atoms with E-state index in [1.807, 2.05) is 31.2 Å². The van der Waals surface area contributed by atoms with E-state index in [2.05, 4.69) is 5.32 Å². The number of rotatable bonds is 4. The Kier molecular flexibility index (Phi) is 4.39. The normalized spacial score (nSPS) is 26.8. The van der Waals surface area contributed by atoms with Crippen LogP contribution < -0.4 is 10.1 Å². The third kappa shape index (κ3) is 2.81. The third-order valence-electron chi connectivity index (χ3n) is 5.52. The van der Waals surface area contributed by atoms with Gasteiger partial charge in [-0.05, 0) is 43.4 Å². The average molecular weight is 332 g/mol. The highest BCUT2D eigenvalue weighted by Gasteiger charge is 2.55. The second-order valence-corrected chi connectivity index (χ2v) is 6.88. The lowest BCUT2D eigenvalue weighted by atomic mass is 9.81. The summed E-state index contributed by atoms with van der Waals surface area (Å²) >= 11 is 0. The second kappa shape index (κ2) is 6.34. The Labute approximate surface area is 141 Å². The van der Waals surface area contributed by atoms with Crippen molar-refractivity contribution in [3.63, 3.8) is 0 Å². The van der Waals surface area contributed by atoms with Gasteiger partial charge in [0, 0.05) is 13.1 Å². The molecule has 24 heavy (non-hydrogen) atoms. The van der Waals surface area contributed by atoms with Crippen LogP contribution >= 0.6 is 0 Å². The summed E-state index contributed by atoms with van der Waals surface area (Å²) in [7, 11) is 1.61. The number of carboxylic acids is 1. The lowest BCUT2D eigenvalue weighted by molar-refractivity contribution is -0.149. The van der Waals surface area contributed by atoms with Crippen molar-refractivity contribution in [2.24, 2.45) is 11.3 Å². The highest BCUT2D eigenvalue weighted by atomic mass is 16.5. The molecule has 2 aliphatic rings. The fourth-order valence-corrected chi connectivity index (χ4v) is 4.06. The topological polar surface area (TPSA) is 78.9 Å². The van der Waals surface area contributed by atoms with E-state index in [9.17, 15) is 14.7 Å². The SMILES string of the molecule is COc1cccc(C(C)NC(=O)N2C[C@@H]3CCC[C@@]3(C(=O)O)C2)c1. The number of carbonyl (C=O) groups excluding carboxylic acids is 1. The number of nitrogens with zero attached hydrogens (tertiary/aromatic N) is 1. The maximum absolute atomic E-state index is 12.6. The van der Waals surface area contributed by atoms with Crippen LogP contribution in [-0.2, 0) is 4.79 Å². The minimum atomic E-state index is -0.763. The summed E-state index contributed by atoms with van der Waals surface area (Å²) in [6.07, 6.45) is 2.50. The van der Waals surface area contributed by atoms with Crippen molar-refractivity contribution in [1.82, 2.24) is 10.2 Å². The van der Waals surface area contributed by atoms with Crippen LogP contribution in [0.5, 0.6) is 5.75 Å². The molecule has 130 valence electrons. The molecule has 2 amide bonds. The Morgan fingerprint density at radius 1 is 1.46 bits per heavy atom. The summed E-state index contributed by atoms with van der Waals surface area (Å²) in [6, 6.07) is 7.20. The first-order chi connectivity index (χ1) is 11.5. The number of benzene rings is 1. The molecular formula is C18H24N2O4. The molecule has 1 saturated heterocycles. The van der Waals surface area contributed by atoms with Crippen molar-refractivity contribution in [1.29, 1.82) is 0 Å². The van der Waals surface area contributed by atoms with Gasteiger partial charge >= 0.3 is 12.0 Å². The number of hydrogen-bond acceptors (Lipinski definition) is 3. The fourth-order valence-electron chi connectivity index (χ4n) is 4.06. The van der Waals surface area contributed by atoms with Gasteiger partial charge in [-0.2, -0.15) is 0 Å². The van der Waals surface area contributed by atoms with Gasteiger partial charge < -0.3 is 20.1 Å². The molecule has 1 aliphatic heterocycles. The van der Waals surface area contributed by atoms with Crippen LogP contribution in [0.25, 0.3) is 0 Å². The zero-order valence-electron chi connectivity index (χ0n) is 14.1. The van der Waals surface area contributed by atoms with Gasteiger partial charge in [-0.3, -0.25) is 4.79 Å². The number of carboxylic acid groups (broad SMARTS) is 1. The predicted molar refractivity (Wildman–Crippen MR) is 88.9 cm³/mol. The molecule has 6 heteroatoms. The molecule has 2 fully saturated rings. The van der Waals surface area contributed by atoms with Crippen molar-refractivity contribution in [2.45, 2.75) is 32.2 Å². The number of likely N-dealkylation sites (tertiary alicyclic amines) is 1. The van der Waals surface area contributed by atoms with Gasteiger partial charge in [0.15, 0.2) is 0 Å². The van der Waals surface area contributed by atoms with E-state index in [4.69, 9.17) is 4.74 Å². The van der Waals surface area contributed by atoms with Gasteiger partial charge in [-0.15, -0.1) is 0 Å². The lowest BCUT2D eigenvalue weighted by Gasteiger charge is -2.24. The average Bonchev–Trinajstić information content (AvgIpc) is 3.13. The van der Waals surface area contributed by atoms with E-state index in [-0.39, 0.29) is 18.0 Å². The highest BCUT2D eigenvalue weighted by Crippen LogP contribution is 2.48. The van der Waals surface area contributed by atoms with Crippen molar-refractivity contribution in [2.75, 3.05) is 20.2 Å². The van der Waals surface area contributed by atoms with Crippen LogP contribution in [0.3, 0.4) is 0 Å². The monoisotopic (exact) mass is 332 g/mol. The number of hydrogen-bond donors (Lipinski definition) is 2. The van der Waals surface area contributed by atoms with E-state index in [0.29, 0.717) is 19.5 Å². The second-order valence-electron chi connectivity index (χ2n) is 6.88. The molecule has 6 nitrogen and oxygen atoms in total. The molecule has 3 atom stereocenters. The predicted octanol–water partition coefficient (Wildman–Crippen LogP) is 2.65. The fraction of sp³-hybridized carbons (Fsp3) is 0.556. The Morgan fingerprint density at radius 3 is 2.92 bits per heavy atom. The molecule has 1 aromatic carbocycles. The molecule has 2 N–H and O–H groups in total. The van der Waals surface area contributed by atoms with Crippen LogP contribution in [0.2, 0.25) is 0 Å². The van der Waals surface area contributed by atoms with E-state index >= 15 is 0 Å². The van der Waals surface area contributed by atoms with Gasteiger partial charge in [0.25, 0.3) is 0 Å². The number of ether oxygens (including phenoxy) is 1. The number of fused-ring (bicyclic) bond motifs is 1. The minimum Gasteiger partial charge on any atom is -0.497 e. The van der Waals surface area contributed by atoms with Gasteiger partial charge in [0.1, 0.15) is 5.75 Å². The quantitative estimate of drug-likeness (QED) is 0.888. The molecule has 0 radical (unpaired) electrons. The van der Waals surface area contributed by atoms with Gasteiger partial charge in [0.05, 0.1) is 18.6 Å². The zero-order chi connectivity index (χ0) is 17.3. The summed E-state index contributed by atoms with van der Waals surface area (Å²) in [5.74, 6) is 0.0585. The van der Waals surface area contributed by atoms with Crippen molar-refractivity contribution in [3.05, 3.63) is 29.8 Å². The Hall–Kier alpha value is -2.24. The summed E-state index contributed by atoms with van der Waals surface area (Å²) in [5.41, 5.74) is 0.214. The molecule has 3 rings (SSSR count). The molecule has 0 bridgehead atoms. The Bertz CT molecular complexity index is 648. The van der Waals surface area contributed by atoms with Crippen LogP contribution in [0.4, 0.5) is 4.79 Å². The number of methoxy groups -OCH3 is 1. The first-order valence-corrected chi connectivity index (χ1v) is 8.39. The zero-order valence-corrected chi connectivity index (χ0v) is 14.1. The highest BCUT2D eigenvalue weighted by molar-refractivity contribution is 5.80. The van der Waals surface area contributed by atoms with E-state index in [1.165, 1.54) is 0 Å². The standard InChI is InChI=1S/C18H24N2O4/c1-12(13-5-3-7-15(9-13)24-2)19-17(23)20-10-14-6-4-8-18(14,11-20)16(21)22/h3,5,7,9,12,14H,4,6,8,10-11H2,1-2H3,(H,19,23)(H,21,22)/t12?,14-,18+/m0/s1. The number of amides is 2. The van der Waals surface area contributed by atoms with Crippen LogP contribution in [-0.4, -0.2) is 42.2 Å². The largest absolute Gasteiger partial charge is 0.497 e. The molecule has 1 heterocycles. The van der Waals surface area contributed by atoms with E-state index in [1.54, 1.807) is 12.0 Å². The van der Waals surface area contributed by atoms with Gasteiger partial charge in [0.2, 0.25) is 0 Å². The maximum Gasteiger partial charge on any atom is 0.317 e. The smallest absolute Gasteiger partial charge is 0.317 e. The molecule has 0 aromatic heterocycles. The number of aliphatic carboxylic acids is 1. The van der Waals surface area contributed by atoms with Crippen molar-refractivity contribution < 1.29 is 19.4 Å². The molecule has 1 saturated carbocycles. The number of carbonyl (C=O) groups is 2. The summed E-state index contributed by atoms with van der Waals surface area (Å²) in [4.78, 5) is 25.9. The minimum absolute atomic E-state index is 0.0767. The van der Waals surface area contributed by atoms with Crippen molar-refractivity contribution >= 4 is 12.0 Å². The lowest BCUT2D eigenvalue weighted by Crippen LogP contribution is -2.42. The number of urea groups is 1. The van der Waals surface area contributed by atoms with E-state index < -0.39 is 11.4 Å². The summed E-state index contributed by atoms with van der Waals surface area (Å²) in [5, 5.41) is 12.6. The molecule has 1 aromatic rings. The van der Waals surface area contributed by atoms with Crippen LogP contribution in [0.15, 0.2) is 24.3 Å². The van der Waals surface area contributed by atoms with Gasteiger partial charge in [-0.1, -0.05) is 18.6 Å². The Balaban J connectivity index is 1.66. The molecule has 1 aliphatic carbocycles. The summed E-state index contributed by atoms with van der Waals surface area (Å²) in [6.45, 7) is 2.75. The van der Waals surface area contributed by atoms with E-state index in [0.717, 1.165) is 24.2 Å². The van der Waals surface area contributed by atoms with Crippen molar-refractivity contribution in [3.8, 4) is 5.75 Å². The third-order valence-corrected chi connectivity index (χ3v) is 5.52. The first-order valence-electron chi connectivity index (χ1n) is 8.39. The summed E-state index contributed by atoms with van der Waals surface area (Å²) < 4.78 is 5.21.